The van der Waals surface area contributed by atoms with Crippen LogP contribution in [0.3, 0.4) is 0 Å². The number of nitrogens with one attached hydrogen (secondary N) is 1. The van der Waals surface area contributed by atoms with E-state index in [0.29, 0.717) is 0 Å². The number of pyridine rings is 1. The molecule has 1 saturated heterocycles. The number of benzene rings is 1. The zero-order valence-electron chi connectivity index (χ0n) is 18.6. The molecule has 2 heterocycles. The summed E-state index contributed by atoms with van der Waals surface area (Å²) in [7, 11) is -2.25. The lowest BCUT2D eigenvalue weighted by atomic mass is 9.77. The average molecular weight is 507 g/mol. The van der Waals surface area contributed by atoms with Gasteiger partial charge in [-0.2, -0.15) is 17.6 Å². The summed E-state index contributed by atoms with van der Waals surface area (Å²) in [6, 6.07) is 4.36. The summed E-state index contributed by atoms with van der Waals surface area (Å²) in [4.78, 5) is 17.0. The first-order chi connectivity index (χ1) is 15.6. The second kappa shape index (κ2) is 8.90. The van der Waals surface area contributed by atoms with E-state index in [2.05, 4.69) is 10.3 Å². The molecule has 1 aliphatic heterocycles. The highest BCUT2D eigenvalue weighted by Crippen LogP contribution is 2.55. The van der Waals surface area contributed by atoms with Gasteiger partial charge < -0.3 is 19.4 Å². The van der Waals surface area contributed by atoms with E-state index in [-0.39, 0.29) is 16.7 Å². The van der Waals surface area contributed by atoms with Gasteiger partial charge in [-0.05, 0) is 25.1 Å². The van der Waals surface area contributed by atoms with Gasteiger partial charge in [0.25, 0.3) is 5.91 Å². The Hall–Kier alpha value is -2.56. The number of nitrogens with zero attached hydrogens (tertiary/aromatic N) is 1. The first-order valence-corrected chi connectivity index (χ1v) is 12.2. The third-order valence-corrected chi connectivity index (χ3v) is 7.19. The van der Waals surface area contributed by atoms with E-state index < -0.39 is 60.3 Å². The fourth-order valence-corrected chi connectivity index (χ4v) is 4.68. The Morgan fingerprint density at radius 3 is 2.50 bits per heavy atom. The van der Waals surface area contributed by atoms with Gasteiger partial charge in [0.2, 0.25) is 5.82 Å². The van der Waals surface area contributed by atoms with E-state index in [1.165, 1.54) is 31.9 Å². The van der Waals surface area contributed by atoms with Crippen LogP contribution in [0.2, 0.25) is 0 Å². The van der Waals surface area contributed by atoms with Gasteiger partial charge in [0.15, 0.2) is 24.5 Å². The van der Waals surface area contributed by atoms with Crippen LogP contribution in [-0.2, 0) is 14.1 Å². The number of methoxy groups -OCH3 is 1. The Kier molecular flexibility index (Phi) is 6.82. The lowest BCUT2D eigenvalue weighted by molar-refractivity contribution is -0.272. The largest absolute Gasteiger partial charge is 0.493 e. The van der Waals surface area contributed by atoms with Crippen LogP contribution in [0.4, 0.5) is 27.6 Å². The Morgan fingerprint density at radius 1 is 1.29 bits per heavy atom. The molecule has 1 aromatic carbocycles. The molecule has 0 aliphatic carbocycles. The number of halogens is 5. The number of amides is 1. The van der Waals surface area contributed by atoms with Crippen molar-refractivity contribution in [2.24, 2.45) is 11.4 Å². The summed E-state index contributed by atoms with van der Waals surface area (Å²) in [6.45, 7) is 3.25. The van der Waals surface area contributed by atoms with Crippen molar-refractivity contribution in [3.63, 3.8) is 0 Å². The molecule has 1 aromatic heterocycles. The Labute approximate surface area is 192 Å². The molecule has 0 bridgehead atoms. The molecule has 186 valence electrons. The van der Waals surface area contributed by atoms with Crippen molar-refractivity contribution >= 4 is 24.3 Å². The molecule has 5 atom stereocenters. The van der Waals surface area contributed by atoms with Gasteiger partial charge in [-0.25, -0.2) is 4.39 Å². The number of hydrogen-bond donors (Lipinski definition) is 2. The van der Waals surface area contributed by atoms with Crippen LogP contribution in [0.1, 0.15) is 25.3 Å². The van der Waals surface area contributed by atoms with Gasteiger partial charge in [0, 0.05) is 35.9 Å². The van der Waals surface area contributed by atoms with Crippen molar-refractivity contribution in [2.75, 3.05) is 19.1 Å². The molecule has 1 unspecified atom stereocenters. The third-order valence-electron chi connectivity index (χ3n) is 6.04. The first kappa shape index (κ1) is 26.1. The number of carbonyl (C=O) groups is 1. The lowest BCUT2D eigenvalue weighted by Gasteiger charge is -2.32. The van der Waals surface area contributed by atoms with Gasteiger partial charge in [-0.3, -0.25) is 15.3 Å². The summed E-state index contributed by atoms with van der Waals surface area (Å²) in [5.74, 6) is -7.02. The normalized spacial score (nSPS) is 26.7. The second-order valence-corrected chi connectivity index (χ2v) is 10.8. The molecular formula is C21H23F5N3O4P. The monoisotopic (exact) mass is 507 g/mol. The molecule has 0 radical (unpaired) electrons. The van der Waals surface area contributed by atoms with Crippen LogP contribution in [0, 0.1) is 17.6 Å². The van der Waals surface area contributed by atoms with Crippen molar-refractivity contribution < 1.29 is 40.8 Å². The Balaban J connectivity index is 2.08. The fraction of sp³-hybridized carbons (Fsp3) is 0.429. The average Bonchev–Trinajstić information content (AvgIpc) is 3.01. The molecule has 3 N–H and O–H groups in total. The van der Waals surface area contributed by atoms with Gasteiger partial charge in [0.05, 0.1) is 7.11 Å². The second-order valence-electron chi connectivity index (χ2n) is 8.32. The standard InChI is InChI=1S/C21H23F5N3O4P/c1-10-15(12-5-6-13(22)16(23)17(12)32-3)18(33-20(10,2)21(24,25)26)19(30)29-11-7-8-28-14(9-11)34(4,27)31/h5-10,15,18H,1-4H3,(H2,27,31)(H,28,29,30)/t10-,15-,18+,20+,34?/m0/s1. The highest BCUT2D eigenvalue weighted by Gasteiger charge is 2.65. The molecule has 1 amide bonds. The number of alkyl halides is 3. The number of nitrogens with two attached hydrogens (primary N) is 1. The maximum Gasteiger partial charge on any atom is 0.417 e. The minimum atomic E-state index is -4.89. The van der Waals surface area contributed by atoms with Crippen LogP contribution in [0.25, 0.3) is 0 Å². The molecule has 13 heteroatoms. The molecule has 34 heavy (non-hydrogen) atoms. The Morgan fingerprint density at radius 2 is 1.94 bits per heavy atom. The quantitative estimate of drug-likeness (QED) is 0.470. The number of aromatic nitrogens is 1. The molecule has 7 nitrogen and oxygen atoms in total. The predicted molar refractivity (Wildman–Crippen MR) is 114 cm³/mol. The zero-order valence-corrected chi connectivity index (χ0v) is 19.5. The highest BCUT2D eigenvalue weighted by atomic mass is 31.2. The number of anilines is 1. The van der Waals surface area contributed by atoms with Crippen LogP contribution < -0.4 is 21.0 Å². The highest BCUT2D eigenvalue weighted by molar-refractivity contribution is 7.68. The van der Waals surface area contributed by atoms with Crippen molar-refractivity contribution in [2.45, 2.75) is 37.6 Å². The van der Waals surface area contributed by atoms with Crippen LogP contribution in [0.15, 0.2) is 30.5 Å². The van der Waals surface area contributed by atoms with Crippen molar-refractivity contribution in [3.8, 4) is 5.75 Å². The van der Waals surface area contributed by atoms with E-state index in [1.807, 2.05) is 0 Å². The molecule has 1 aliphatic rings. The summed E-state index contributed by atoms with van der Waals surface area (Å²) in [5.41, 5.74) is 2.71. The zero-order chi connectivity index (χ0) is 25.6. The van der Waals surface area contributed by atoms with Crippen molar-refractivity contribution in [3.05, 3.63) is 47.7 Å². The summed E-state index contributed by atoms with van der Waals surface area (Å²) >= 11 is 0. The number of hydrogen-bond acceptors (Lipinski definition) is 5. The number of ether oxygens (including phenoxy) is 2. The Bertz CT molecular complexity index is 1160. The van der Waals surface area contributed by atoms with E-state index >= 15 is 0 Å². The minimum Gasteiger partial charge on any atom is -0.493 e. The summed E-state index contributed by atoms with van der Waals surface area (Å²) in [5, 5.41) is 2.41. The minimum absolute atomic E-state index is 0.00929. The van der Waals surface area contributed by atoms with E-state index in [4.69, 9.17) is 15.0 Å². The molecule has 0 saturated carbocycles. The van der Waals surface area contributed by atoms with Gasteiger partial charge >= 0.3 is 6.18 Å². The number of carbonyl (C=O) groups excluding carboxylic acids is 1. The van der Waals surface area contributed by atoms with E-state index in [9.17, 15) is 31.3 Å². The summed E-state index contributed by atoms with van der Waals surface area (Å²) < 4.78 is 92.4. The molecule has 0 spiro atoms. The van der Waals surface area contributed by atoms with Crippen LogP contribution in [-0.4, -0.2) is 42.5 Å². The topological polar surface area (TPSA) is 104 Å². The maximum absolute atomic E-state index is 14.4. The fourth-order valence-electron chi connectivity index (χ4n) is 3.99. The van der Waals surface area contributed by atoms with Gasteiger partial charge in [-0.1, -0.05) is 13.0 Å². The molecule has 3 rings (SSSR count). The number of rotatable bonds is 5. The SMILES string of the molecule is COc1c([C@H]2[C@H](C(=O)Nc3ccnc(P(C)(N)=O)c3)O[C@@](C)(C(F)(F)F)[C@H]2C)ccc(F)c1F. The van der Waals surface area contributed by atoms with Crippen LogP contribution >= 0.6 is 7.29 Å². The van der Waals surface area contributed by atoms with Crippen LogP contribution in [0.5, 0.6) is 5.75 Å². The van der Waals surface area contributed by atoms with Crippen molar-refractivity contribution in [1.29, 1.82) is 0 Å². The third kappa shape index (κ3) is 4.54. The predicted octanol–water partition coefficient (Wildman–Crippen LogP) is 3.94. The molecular weight excluding hydrogens is 484 g/mol. The molecule has 1 fully saturated rings. The van der Waals surface area contributed by atoms with Gasteiger partial charge in [-0.15, -0.1) is 0 Å². The maximum atomic E-state index is 14.4. The lowest BCUT2D eigenvalue weighted by Crippen LogP contribution is -2.47. The molecule has 2 aromatic rings. The van der Waals surface area contributed by atoms with Crippen molar-refractivity contribution in [1.82, 2.24) is 4.98 Å². The smallest absolute Gasteiger partial charge is 0.417 e. The summed E-state index contributed by atoms with van der Waals surface area (Å²) in [6.07, 6.45) is -5.42. The van der Waals surface area contributed by atoms with E-state index in [0.717, 1.165) is 26.2 Å². The van der Waals surface area contributed by atoms with Gasteiger partial charge in [0.1, 0.15) is 11.5 Å². The van der Waals surface area contributed by atoms with E-state index in [1.54, 1.807) is 0 Å². The first-order valence-electron chi connectivity index (χ1n) is 10.0.